The van der Waals surface area contributed by atoms with Crippen LogP contribution in [0, 0.1) is 0 Å². The van der Waals surface area contributed by atoms with Crippen LogP contribution in [-0.2, 0) is 6.42 Å². The Morgan fingerprint density at radius 3 is 1.50 bits per heavy atom. The molecule has 0 aromatic heterocycles. The maximum absolute atomic E-state index is 2.42. The van der Waals surface area contributed by atoms with Crippen molar-refractivity contribution >= 4 is 54.7 Å². The summed E-state index contributed by atoms with van der Waals surface area (Å²) in [7, 11) is 0. The van der Waals surface area contributed by atoms with E-state index < -0.39 is 0 Å². The lowest BCUT2D eigenvalue weighted by molar-refractivity contribution is 1.23. The first-order valence-electron chi connectivity index (χ1n) is 17.7. The van der Waals surface area contributed by atoms with Crippen LogP contribution in [0.4, 0.5) is 0 Å². The molecular weight excluding hydrogens is 601 g/mol. The number of rotatable bonds is 4. The summed E-state index contributed by atoms with van der Waals surface area (Å²) in [4.78, 5) is 0. The molecule has 0 N–H and O–H groups in total. The molecule has 9 aromatic rings. The van der Waals surface area contributed by atoms with E-state index in [1.165, 1.54) is 110 Å². The molecule has 0 saturated heterocycles. The van der Waals surface area contributed by atoms with Crippen LogP contribution in [0.5, 0.6) is 0 Å². The Hall–Kier alpha value is -6.24. The second-order valence-electron chi connectivity index (χ2n) is 14.0. The van der Waals surface area contributed by atoms with Crippen molar-refractivity contribution < 1.29 is 0 Å². The van der Waals surface area contributed by atoms with Crippen LogP contribution in [0.2, 0.25) is 0 Å². The van der Waals surface area contributed by atoms with Gasteiger partial charge in [-0.2, -0.15) is 0 Å². The first kappa shape index (κ1) is 27.7. The zero-order valence-electron chi connectivity index (χ0n) is 27.6. The van der Waals surface area contributed by atoms with Gasteiger partial charge in [0.05, 0.1) is 0 Å². The number of allylic oxidation sites excluding steroid dienone is 3. The van der Waals surface area contributed by atoms with E-state index in [2.05, 4.69) is 170 Å². The molecule has 0 aliphatic heterocycles. The Balaban J connectivity index is 0.883. The van der Waals surface area contributed by atoms with E-state index >= 15 is 0 Å². The summed E-state index contributed by atoms with van der Waals surface area (Å²) in [5.74, 6) is 0. The van der Waals surface area contributed by atoms with Crippen LogP contribution in [0.3, 0.4) is 0 Å². The van der Waals surface area contributed by atoms with Gasteiger partial charge in [-0.25, -0.2) is 0 Å². The molecule has 0 heterocycles. The lowest BCUT2D eigenvalue weighted by Crippen LogP contribution is -2.03. The molecule has 11 rings (SSSR count). The molecule has 0 atom stereocenters. The maximum Gasteiger partial charge on any atom is -0.00206 e. The second-order valence-corrected chi connectivity index (χ2v) is 14.0. The predicted octanol–water partition coefficient (Wildman–Crippen LogP) is 13.8. The molecule has 2 aliphatic rings. The quantitative estimate of drug-likeness (QED) is 0.169. The third-order valence-corrected chi connectivity index (χ3v) is 11.3. The van der Waals surface area contributed by atoms with Crippen LogP contribution in [0.15, 0.2) is 164 Å². The van der Waals surface area contributed by atoms with Gasteiger partial charge in [0, 0.05) is 0 Å². The van der Waals surface area contributed by atoms with Crippen molar-refractivity contribution in [1.29, 1.82) is 0 Å². The molecule has 0 heteroatoms. The summed E-state index contributed by atoms with van der Waals surface area (Å²) >= 11 is 0. The molecule has 0 spiro atoms. The lowest BCUT2D eigenvalue weighted by Gasteiger charge is -2.24. The molecule has 0 unspecified atom stereocenters. The van der Waals surface area contributed by atoms with E-state index in [0.29, 0.717) is 0 Å². The zero-order valence-corrected chi connectivity index (χ0v) is 27.6. The summed E-state index contributed by atoms with van der Waals surface area (Å²) < 4.78 is 0. The number of hydrogen-bond acceptors (Lipinski definition) is 0. The van der Waals surface area contributed by atoms with Crippen LogP contribution >= 0.6 is 0 Å². The Morgan fingerprint density at radius 2 is 0.860 bits per heavy atom. The highest BCUT2D eigenvalue weighted by Gasteiger charge is 2.21. The first-order valence-corrected chi connectivity index (χ1v) is 17.7. The van der Waals surface area contributed by atoms with Gasteiger partial charge in [-0.3, -0.25) is 0 Å². The minimum atomic E-state index is 1.02. The van der Waals surface area contributed by atoms with Crippen LogP contribution in [0.1, 0.15) is 23.1 Å². The van der Waals surface area contributed by atoms with Gasteiger partial charge in [0.2, 0.25) is 0 Å². The third-order valence-electron chi connectivity index (χ3n) is 11.3. The fourth-order valence-electron chi connectivity index (χ4n) is 8.80. The molecule has 0 amide bonds. The molecule has 0 bridgehead atoms. The molecule has 2 aliphatic carbocycles. The van der Waals surface area contributed by atoms with Crippen molar-refractivity contribution in [3.05, 3.63) is 181 Å². The first-order chi connectivity index (χ1) is 24.8. The molecule has 9 aromatic carbocycles. The normalized spacial score (nSPS) is 13.5. The van der Waals surface area contributed by atoms with Crippen molar-refractivity contribution in [3.63, 3.8) is 0 Å². The van der Waals surface area contributed by atoms with Gasteiger partial charge < -0.3 is 0 Å². The van der Waals surface area contributed by atoms with Crippen molar-refractivity contribution in [2.45, 2.75) is 12.8 Å². The average Bonchev–Trinajstić information content (AvgIpc) is 3.19. The lowest BCUT2D eigenvalue weighted by atomic mass is 9.80. The zero-order chi connectivity index (χ0) is 32.8. The van der Waals surface area contributed by atoms with Gasteiger partial charge in [-0.1, -0.05) is 170 Å². The van der Waals surface area contributed by atoms with Crippen molar-refractivity contribution in [2.75, 3.05) is 0 Å². The van der Waals surface area contributed by atoms with Gasteiger partial charge in [0.15, 0.2) is 0 Å². The Labute approximate surface area is 291 Å². The standard InChI is InChI=1S/C50H32/c1-3-37-19-21-41-23-27-43(45-29-25-39(5-1)47(37)49(41)45)35-15-11-33(12-16-35)31-7-9-32(10-8-31)34-13-17-36(18-14-34)44-28-24-42-22-20-38-4-2-6-40-26-30-46(44)50(42)48(38)40/h1-3,5-21,23-30H,4,22H2. The molecule has 0 fully saturated rings. The molecule has 0 radical (unpaired) electrons. The highest BCUT2D eigenvalue weighted by molar-refractivity contribution is 6.25. The summed E-state index contributed by atoms with van der Waals surface area (Å²) in [5.41, 5.74) is 15.8. The number of benzene rings is 9. The smallest absolute Gasteiger partial charge is 0.00206 e. The summed E-state index contributed by atoms with van der Waals surface area (Å²) in [6.45, 7) is 0. The van der Waals surface area contributed by atoms with Gasteiger partial charge in [0.1, 0.15) is 0 Å². The topological polar surface area (TPSA) is 0 Å². The third kappa shape index (κ3) is 4.12. The van der Waals surface area contributed by atoms with Crippen LogP contribution < -0.4 is 0 Å². The van der Waals surface area contributed by atoms with Gasteiger partial charge in [0.25, 0.3) is 0 Å². The monoisotopic (exact) mass is 632 g/mol. The molecule has 0 saturated carbocycles. The van der Waals surface area contributed by atoms with Crippen molar-refractivity contribution in [3.8, 4) is 44.5 Å². The minimum Gasteiger partial charge on any atom is -0.0795 e. The van der Waals surface area contributed by atoms with E-state index in [9.17, 15) is 0 Å². The van der Waals surface area contributed by atoms with Crippen LogP contribution in [-0.4, -0.2) is 0 Å². The summed E-state index contributed by atoms with van der Waals surface area (Å²) in [6, 6.07) is 56.7. The largest absolute Gasteiger partial charge is 0.0795 e. The maximum atomic E-state index is 2.42. The van der Waals surface area contributed by atoms with Gasteiger partial charge in [-0.15, -0.1) is 0 Å². The summed E-state index contributed by atoms with van der Waals surface area (Å²) in [5, 5.41) is 10.8. The second kappa shape index (κ2) is 10.6. The van der Waals surface area contributed by atoms with Crippen molar-refractivity contribution in [1.82, 2.24) is 0 Å². The number of hydrogen-bond donors (Lipinski definition) is 0. The fraction of sp³-hybridized carbons (Fsp3) is 0.0400. The van der Waals surface area contributed by atoms with Gasteiger partial charge >= 0.3 is 0 Å². The van der Waals surface area contributed by atoms with Crippen molar-refractivity contribution in [2.24, 2.45) is 0 Å². The van der Waals surface area contributed by atoms with E-state index in [-0.39, 0.29) is 0 Å². The Bertz CT molecular complexity index is 2850. The Kier molecular flexibility index (Phi) is 5.89. The average molecular weight is 633 g/mol. The van der Waals surface area contributed by atoms with E-state index in [4.69, 9.17) is 0 Å². The van der Waals surface area contributed by atoms with Gasteiger partial charge in [-0.05, 0) is 123 Å². The highest BCUT2D eigenvalue weighted by Crippen LogP contribution is 2.44. The highest BCUT2D eigenvalue weighted by atomic mass is 14.2. The van der Waals surface area contributed by atoms with E-state index in [1.54, 1.807) is 0 Å². The molecular formula is C50H32. The molecule has 232 valence electrons. The van der Waals surface area contributed by atoms with Crippen LogP contribution in [0.25, 0.3) is 99.2 Å². The fourth-order valence-corrected chi connectivity index (χ4v) is 8.80. The van der Waals surface area contributed by atoms with E-state index in [0.717, 1.165) is 12.8 Å². The SMILES string of the molecule is C1=Cc2ccc3c(-c4ccc(-c5ccc(-c6ccc(-c7ccc8ccc9cccc%10ccc7c8c9%10)cc6)cc5)cc4)ccc4c3c2C(=CC4)C1. The minimum absolute atomic E-state index is 1.02. The Morgan fingerprint density at radius 1 is 0.360 bits per heavy atom. The summed E-state index contributed by atoms with van der Waals surface area (Å²) in [6.07, 6.45) is 9.07. The van der Waals surface area contributed by atoms with E-state index in [1.807, 2.05) is 0 Å². The predicted molar refractivity (Wildman–Crippen MR) is 215 cm³/mol. The molecule has 50 heavy (non-hydrogen) atoms. The molecule has 0 nitrogen and oxygen atoms in total.